The Morgan fingerprint density at radius 2 is 2.21 bits per heavy atom. The van der Waals surface area contributed by atoms with Gasteiger partial charge in [0.15, 0.2) is 0 Å². The summed E-state index contributed by atoms with van der Waals surface area (Å²) in [6.45, 7) is 4.14. The highest BCUT2D eigenvalue weighted by Gasteiger charge is 2.20. The molecular weight excluding hydrogens is 242 g/mol. The first kappa shape index (κ1) is 13.4. The summed E-state index contributed by atoms with van der Waals surface area (Å²) >= 11 is 0. The second-order valence-electron chi connectivity index (χ2n) is 5.15. The van der Waals surface area contributed by atoms with Crippen LogP contribution >= 0.6 is 0 Å². The number of nitrogens with two attached hydrogens (primary N) is 1. The van der Waals surface area contributed by atoms with Gasteiger partial charge < -0.3 is 20.8 Å². The Morgan fingerprint density at radius 3 is 2.84 bits per heavy atom. The fourth-order valence-electron chi connectivity index (χ4n) is 1.85. The van der Waals surface area contributed by atoms with E-state index in [2.05, 4.69) is 10.3 Å². The number of methoxy groups -OCH3 is 1. The van der Waals surface area contributed by atoms with Crippen LogP contribution in [0.15, 0.2) is 24.3 Å². The topological polar surface area (TPSA) is 80.1 Å². The van der Waals surface area contributed by atoms with Crippen molar-refractivity contribution in [3.63, 3.8) is 0 Å². The molecule has 5 nitrogen and oxygen atoms in total. The molecular formula is C14H19N3O2. The molecule has 1 aromatic heterocycles. The van der Waals surface area contributed by atoms with E-state index < -0.39 is 5.54 Å². The van der Waals surface area contributed by atoms with Crippen molar-refractivity contribution in [3.8, 4) is 5.75 Å². The Balaban J connectivity index is 2.34. The SMILES string of the molecule is COc1cccc2cc(C(=O)NC(C)(C)CN)[nH]c12. The normalized spacial score (nSPS) is 11.6. The number of para-hydroxylation sites is 1. The van der Waals surface area contributed by atoms with Crippen LogP contribution in [0, 0.1) is 0 Å². The molecule has 2 aromatic rings. The van der Waals surface area contributed by atoms with Crippen LogP contribution in [-0.2, 0) is 0 Å². The van der Waals surface area contributed by atoms with Crippen LogP contribution in [0.5, 0.6) is 5.75 Å². The monoisotopic (exact) mass is 261 g/mol. The van der Waals surface area contributed by atoms with E-state index in [9.17, 15) is 4.79 Å². The van der Waals surface area contributed by atoms with Gasteiger partial charge in [-0.05, 0) is 26.0 Å². The standard InChI is InChI=1S/C14H19N3O2/c1-14(2,8-15)17-13(18)10-7-9-5-4-6-11(19-3)12(9)16-10/h4-7,16H,8,15H2,1-3H3,(H,17,18). The van der Waals surface area contributed by atoms with Crippen molar-refractivity contribution < 1.29 is 9.53 Å². The molecule has 0 atom stereocenters. The van der Waals surface area contributed by atoms with E-state index in [1.807, 2.05) is 32.0 Å². The van der Waals surface area contributed by atoms with Crippen LogP contribution in [0.1, 0.15) is 24.3 Å². The zero-order valence-electron chi connectivity index (χ0n) is 11.4. The zero-order chi connectivity index (χ0) is 14.0. The molecule has 4 N–H and O–H groups in total. The third-order valence-electron chi connectivity index (χ3n) is 3.04. The number of aromatic amines is 1. The van der Waals surface area contributed by atoms with Gasteiger partial charge in [0.2, 0.25) is 0 Å². The largest absolute Gasteiger partial charge is 0.495 e. The maximum Gasteiger partial charge on any atom is 0.268 e. The number of carbonyl (C=O) groups is 1. The summed E-state index contributed by atoms with van der Waals surface area (Å²) in [5, 5.41) is 3.82. The van der Waals surface area contributed by atoms with Gasteiger partial charge in [0.25, 0.3) is 5.91 Å². The maximum atomic E-state index is 12.1. The molecule has 0 aliphatic heterocycles. The molecule has 0 saturated heterocycles. The minimum Gasteiger partial charge on any atom is -0.495 e. The summed E-state index contributed by atoms with van der Waals surface area (Å²) in [6.07, 6.45) is 0. The second kappa shape index (κ2) is 4.93. The zero-order valence-corrected chi connectivity index (χ0v) is 11.4. The minimum absolute atomic E-state index is 0.172. The Morgan fingerprint density at radius 1 is 1.47 bits per heavy atom. The third kappa shape index (κ3) is 2.71. The molecule has 5 heteroatoms. The number of fused-ring (bicyclic) bond motifs is 1. The van der Waals surface area contributed by atoms with E-state index in [1.165, 1.54) is 0 Å². The molecule has 0 radical (unpaired) electrons. The number of nitrogens with one attached hydrogen (secondary N) is 2. The van der Waals surface area contributed by atoms with E-state index in [0.717, 1.165) is 16.7 Å². The van der Waals surface area contributed by atoms with Crippen LogP contribution < -0.4 is 15.8 Å². The lowest BCUT2D eigenvalue weighted by Gasteiger charge is -2.23. The summed E-state index contributed by atoms with van der Waals surface area (Å²) in [5.41, 5.74) is 6.50. The van der Waals surface area contributed by atoms with Crippen molar-refractivity contribution in [3.05, 3.63) is 30.0 Å². The average molecular weight is 261 g/mol. The lowest BCUT2D eigenvalue weighted by atomic mass is 10.1. The van der Waals surface area contributed by atoms with Crippen LogP contribution in [0.2, 0.25) is 0 Å². The van der Waals surface area contributed by atoms with Crippen molar-refractivity contribution >= 4 is 16.8 Å². The van der Waals surface area contributed by atoms with Gasteiger partial charge in [-0.1, -0.05) is 12.1 Å². The van der Waals surface area contributed by atoms with Crippen LogP contribution in [0.25, 0.3) is 10.9 Å². The molecule has 102 valence electrons. The van der Waals surface area contributed by atoms with Crippen molar-refractivity contribution in [2.75, 3.05) is 13.7 Å². The number of aromatic nitrogens is 1. The molecule has 1 aromatic carbocycles. The van der Waals surface area contributed by atoms with Gasteiger partial charge in [-0.3, -0.25) is 4.79 Å². The molecule has 1 heterocycles. The van der Waals surface area contributed by atoms with Crippen molar-refractivity contribution in [1.29, 1.82) is 0 Å². The maximum absolute atomic E-state index is 12.1. The number of hydrogen-bond acceptors (Lipinski definition) is 3. The van der Waals surface area contributed by atoms with Gasteiger partial charge in [0.05, 0.1) is 12.6 Å². The molecule has 0 bridgehead atoms. The molecule has 0 fully saturated rings. The number of amides is 1. The molecule has 0 aliphatic rings. The fraction of sp³-hybridized carbons (Fsp3) is 0.357. The Hall–Kier alpha value is -2.01. The highest BCUT2D eigenvalue weighted by atomic mass is 16.5. The summed E-state index contributed by atoms with van der Waals surface area (Å²) in [4.78, 5) is 15.2. The Kier molecular flexibility index (Phi) is 3.48. The van der Waals surface area contributed by atoms with Crippen LogP contribution in [0.3, 0.4) is 0 Å². The number of hydrogen-bond donors (Lipinski definition) is 3. The highest BCUT2D eigenvalue weighted by molar-refractivity contribution is 5.99. The smallest absolute Gasteiger partial charge is 0.268 e. The van der Waals surface area contributed by atoms with Gasteiger partial charge in [0, 0.05) is 17.5 Å². The van der Waals surface area contributed by atoms with E-state index in [-0.39, 0.29) is 5.91 Å². The molecule has 1 amide bonds. The predicted molar refractivity (Wildman–Crippen MR) is 75.5 cm³/mol. The quantitative estimate of drug-likeness (QED) is 0.782. The second-order valence-corrected chi connectivity index (χ2v) is 5.15. The van der Waals surface area contributed by atoms with Crippen molar-refractivity contribution in [2.45, 2.75) is 19.4 Å². The number of carbonyl (C=O) groups excluding carboxylic acids is 1. The molecule has 0 aliphatic carbocycles. The van der Waals surface area contributed by atoms with Crippen LogP contribution in [0.4, 0.5) is 0 Å². The Bertz CT molecular complexity index is 602. The van der Waals surface area contributed by atoms with E-state index in [4.69, 9.17) is 10.5 Å². The average Bonchev–Trinajstić information content (AvgIpc) is 2.82. The summed E-state index contributed by atoms with van der Waals surface area (Å²) in [5.74, 6) is 0.545. The first-order valence-corrected chi connectivity index (χ1v) is 6.15. The van der Waals surface area contributed by atoms with Gasteiger partial charge in [-0.15, -0.1) is 0 Å². The van der Waals surface area contributed by atoms with Gasteiger partial charge in [0.1, 0.15) is 11.4 Å². The summed E-state index contributed by atoms with van der Waals surface area (Å²) in [7, 11) is 1.60. The van der Waals surface area contributed by atoms with Crippen molar-refractivity contribution in [2.24, 2.45) is 5.73 Å². The Labute approximate surface area is 112 Å². The highest BCUT2D eigenvalue weighted by Crippen LogP contribution is 2.25. The van der Waals surface area contributed by atoms with E-state index in [0.29, 0.717) is 12.2 Å². The van der Waals surface area contributed by atoms with Gasteiger partial charge in [-0.25, -0.2) is 0 Å². The minimum atomic E-state index is -0.432. The number of H-pyrrole nitrogens is 1. The molecule has 0 saturated carbocycles. The summed E-state index contributed by atoms with van der Waals surface area (Å²) in [6, 6.07) is 7.48. The number of ether oxygens (including phenoxy) is 1. The van der Waals surface area contributed by atoms with Crippen LogP contribution in [-0.4, -0.2) is 30.1 Å². The molecule has 2 rings (SSSR count). The lowest BCUT2D eigenvalue weighted by Crippen LogP contribution is -2.48. The third-order valence-corrected chi connectivity index (χ3v) is 3.04. The molecule has 0 unspecified atom stereocenters. The summed E-state index contributed by atoms with van der Waals surface area (Å²) < 4.78 is 5.26. The lowest BCUT2D eigenvalue weighted by molar-refractivity contribution is 0.0911. The fourth-order valence-corrected chi connectivity index (χ4v) is 1.85. The van der Waals surface area contributed by atoms with Gasteiger partial charge in [-0.2, -0.15) is 0 Å². The van der Waals surface area contributed by atoms with E-state index in [1.54, 1.807) is 13.2 Å². The number of rotatable bonds is 4. The predicted octanol–water partition coefficient (Wildman–Crippen LogP) is 1.64. The van der Waals surface area contributed by atoms with Crippen molar-refractivity contribution in [1.82, 2.24) is 10.3 Å². The first-order valence-electron chi connectivity index (χ1n) is 6.15. The molecule has 19 heavy (non-hydrogen) atoms. The number of benzene rings is 1. The first-order chi connectivity index (χ1) is 8.96. The molecule has 0 spiro atoms. The van der Waals surface area contributed by atoms with Gasteiger partial charge >= 0.3 is 0 Å². The van der Waals surface area contributed by atoms with E-state index >= 15 is 0 Å².